The number of amides is 1. The summed E-state index contributed by atoms with van der Waals surface area (Å²) in [4.78, 5) is 21.0. The van der Waals surface area contributed by atoms with Crippen LogP contribution in [-0.4, -0.2) is 66.9 Å². The van der Waals surface area contributed by atoms with Gasteiger partial charge in [-0.3, -0.25) is 9.78 Å². The summed E-state index contributed by atoms with van der Waals surface area (Å²) in [5.41, 5.74) is 1.10. The average molecular weight is 303 g/mol. The van der Waals surface area contributed by atoms with Crippen molar-refractivity contribution >= 4 is 11.6 Å². The first-order chi connectivity index (χ1) is 10.8. The van der Waals surface area contributed by atoms with Gasteiger partial charge in [0.05, 0.1) is 30.6 Å². The van der Waals surface area contributed by atoms with E-state index in [1.54, 1.807) is 6.20 Å². The lowest BCUT2D eigenvalue weighted by Gasteiger charge is -2.38. The van der Waals surface area contributed by atoms with E-state index in [2.05, 4.69) is 16.0 Å². The number of fused-ring (bicyclic) bond motifs is 1. The molecule has 1 aromatic rings. The van der Waals surface area contributed by atoms with Crippen LogP contribution in [0.1, 0.15) is 12.8 Å². The van der Waals surface area contributed by atoms with E-state index in [1.165, 1.54) is 0 Å². The van der Waals surface area contributed by atoms with Gasteiger partial charge in [-0.05, 0) is 25.0 Å². The Morgan fingerprint density at radius 3 is 3.00 bits per heavy atom. The van der Waals surface area contributed by atoms with Crippen LogP contribution in [0.5, 0.6) is 0 Å². The average Bonchev–Trinajstić information content (AvgIpc) is 3.24. The maximum Gasteiger partial charge on any atom is 0.251 e. The first-order valence-electron chi connectivity index (χ1n) is 8.01. The third kappa shape index (κ3) is 2.46. The molecule has 3 atom stereocenters. The number of morpholine rings is 1. The third-order valence-electron chi connectivity index (χ3n) is 4.80. The molecule has 3 saturated heterocycles. The second-order valence-corrected chi connectivity index (χ2v) is 6.13. The molecule has 6 heteroatoms. The summed E-state index contributed by atoms with van der Waals surface area (Å²) in [5, 5.41) is 0. The third-order valence-corrected chi connectivity index (χ3v) is 4.80. The molecule has 4 rings (SSSR count). The van der Waals surface area contributed by atoms with Gasteiger partial charge in [0, 0.05) is 32.4 Å². The molecule has 3 aliphatic heterocycles. The van der Waals surface area contributed by atoms with Crippen LogP contribution in [-0.2, 0) is 14.3 Å². The highest BCUT2D eigenvalue weighted by Crippen LogP contribution is 2.28. The molecule has 6 nitrogen and oxygen atoms in total. The van der Waals surface area contributed by atoms with E-state index in [0.29, 0.717) is 26.3 Å². The zero-order valence-corrected chi connectivity index (χ0v) is 12.6. The van der Waals surface area contributed by atoms with Crippen molar-refractivity contribution in [2.24, 2.45) is 0 Å². The van der Waals surface area contributed by atoms with Crippen molar-refractivity contribution in [3.8, 4) is 0 Å². The maximum atomic E-state index is 12.5. The molecule has 3 aliphatic rings. The molecule has 22 heavy (non-hydrogen) atoms. The van der Waals surface area contributed by atoms with Crippen molar-refractivity contribution in [2.75, 3.05) is 37.7 Å². The number of likely N-dealkylation sites (tertiary alicyclic amines) is 1. The Kier molecular flexibility index (Phi) is 3.72. The molecule has 0 saturated carbocycles. The van der Waals surface area contributed by atoms with E-state index in [4.69, 9.17) is 9.47 Å². The standard InChI is InChI=1S/C16H21N3O3/c20-16(14-4-2-7-21-14)18-10-13-15(11-18)22-8-6-19(13)12-3-1-5-17-9-12/h1,3,5,9,13-15H,2,4,6-8,10-11H2/t13-,14+,15+/m1/s1. The van der Waals surface area contributed by atoms with Gasteiger partial charge in [-0.25, -0.2) is 0 Å². The minimum absolute atomic E-state index is 0.0827. The van der Waals surface area contributed by atoms with Gasteiger partial charge in [-0.15, -0.1) is 0 Å². The molecule has 118 valence electrons. The number of aromatic nitrogens is 1. The Bertz CT molecular complexity index is 533. The Morgan fingerprint density at radius 2 is 2.23 bits per heavy atom. The van der Waals surface area contributed by atoms with E-state index in [-0.39, 0.29) is 24.2 Å². The molecule has 0 bridgehead atoms. The van der Waals surface area contributed by atoms with E-state index in [9.17, 15) is 4.79 Å². The van der Waals surface area contributed by atoms with Gasteiger partial charge in [0.1, 0.15) is 6.10 Å². The van der Waals surface area contributed by atoms with Crippen molar-refractivity contribution in [3.05, 3.63) is 24.5 Å². The van der Waals surface area contributed by atoms with Gasteiger partial charge < -0.3 is 19.3 Å². The Morgan fingerprint density at radius 1 is 1.27 bits per heavy atom. The van der Waals surface area contributed by atoms with E-state index in [0.717, 1.165) is 25.1 Å². The summed E-state index contributed by atoms with van der Waals surface area (Å²) in [6, 6.07) is 4.23. The quantitative estimate of drug-likeness (QED) is 0.804. The molecule has 4 heterocycles. The fourth-order valence-corrected chi connectivity index (χ4v) is 3.69. The number of pyridine rings is 1. The number of hydrogen-bond acceptors (Lipinski definition) is 5. The molecule has 3 fully saturated rings. The fourth-order valence-electron chi connectivity index (χ4n) is 3.69. The lowest BCUT2D eigenvalue weighted by molar-refractivity contribution is -0.140. The summed E-state index contributed by atoms with van der Waals surface area (Å²) < 4.78 is 11.4. The monoisotopic (exact) mass is 303 g/mol. The van der Waals surface area contributed by atoms with Crippen LogP contribution in [0.2, 0.25) is 0 Å². The lowest BCUT2D eigenvalue weighted by atomic mass is 10.1. The number of hydrogen-bond donors (Lipinski definition) is 0. The van der Waals surface area contributed by atoms with E-state index >= 15 is 0 Å². The van der Waals surface area contributed by atoms with Crippen molar-refractivity contribution in [2.45, 2.75) is 31.1 Å². The van der Waals surface area contributed by atoms with Crippen molar-refractivity contribution in [1.82, 2.24) is 9.88 Å². The van der Waals surface area contributed by atoms with Crippen molar-refractivity contribution < 1.29 is 14.3 Å². The summed E-state index contributed by atoms with van der Waals surface area (Å²) >= 11 is 0. The summed E-state index contributed by atoms with van der Waals surface area (Å²) in [5.74, 6) is 0.127. The smallest absolute Gasteiger partial charge is 0.251 e. The number of rotatable bonds is 2. The van der Waals surface area contributed by atoms with Crippen molar-refractivity contribution in [3.63, 3.8) is 0 Å². The largest absolute Gasteiger partial charge is 0.372 e. The lowest BCUT2D eigenvalue weighted by Crippen LogP contribution is -2.51. The summed E-state index contributed by atoms with van der Waals surface area (Å²) in [6.07, 6.45) is 5.33. The number of nitrogens with zero attached hydrogens (tertiary/aromatic N) is 3. The van der Waals surface area contributed by atoms with Crippen LogP contribution >= 0.6 is 0 Å². The van der Waals surface area contributed by atoms with Crippen LogP contribution in [0.25, 0.3) is 0 Å². The Hall–Kier alpha value is -1.66. The number of carbonyl (C=O) groups is 1. The highest BCUT2D eigenvalue weighted by Gasteiger charge is 2.43. The van der Waals surface area contributed by atoms with Gasteiger partial charge in [0.2, 0.25) is 0 Å². The van der Waals surface area contributed by atoms with E-state index < -0.39 is 0 Å². The van der Waals surface area contributed by atoms with Crippen LogP contribution in [0.3, 0.4) is 0 Å². The summed E-state index contributed by atoms with van der Waals surface area (Å²) in [7, 11) is 0. The second-order valence-electron chi connectivity index (χ2n) is 6.13. The molecular formula is C16H21N3O3. The molecular weight excluding hydrogens is 282 g/mol. The molecule has 0 spiro atoms. The van der Waals surface area contributed by atoms with Crippen LogP contribution in [0, 0.1) is 0 Å². The Balaban J connectivity index is 1.49. The van der Waals surface area contributed by atoms with Crippen LogP contribution in [0.4, 0.5) is 5.69 Å². The highest BCUT2D eigenvalue weighted by atomic mass is 16.5. The van der Waals surface area contributed by atoms with Gasteiger partial charge in [0.25, 0.3) is 5.91 Å². The zero-order valence-electron chi connectivity index (χ0n) is 12.6. The fraction of sp³-hybridized carbons (Fsp3) is 0.625. The predicted octanol–water partition coefficient (Wildman–Crippen LogP) is 0.677. The zero-order chi connectivity index (χ0) is 14.9. The minimum atomic E-state index is -0.244. The number of ether oxygens (including phenoxy) is 2. The molecule has 0 aliphatic carbocycles. The predicted molar refractivity (Wildman–Crippen MR) is 80.7 cm³/mol. The maximum absolute atomic E-state index is 12.5. The van der Waals surface area contributed by atoms with Crippen LogP contribution in [0.15, 0.2) is 24.5 Å². The first kappa shape index (κ1) is 14.0. The normalized spacial score (nSPS) is 31.4. The topological polar surface area (TPSA) is 54.9 Å². The number of carbonyl (C=O) groups excluding carboxylic acids is 1. The van der Waals surface area contributed by atoms with Crippen molar-refractivity contribution in [1.29, 1.82) is 0 Å². The molecule has 0 N–H and O–H groups in total. The summed E-state index contributed by atoms with van der Waals surface area (Å²) in [6.45, 7) is 3.61. The highest BCUT2D eigenvalue weighted by molar-refractivity contribution is 5.81. The molecule has 0 aromatic carbocycles. The molecule has 0 unspecified atom stereocenters. The van der Waals surface area contributed by atoms with Gasteiger partial charge in [0.15, 0.2) is 0 Å². The van der Waals surface area contributed by atoms with Gasteiger partial charge in [-0.1, -0.05) is 0 Å². The van der Waals surface area contributed by atoms with Gasteiger partial charge >= 0.3 is 0 Å². The first-order valence-corrected chi connectivity index (χ1v) is 8.01. The van der Waals surface area contributed by atoms with Gasteiger partial charge in [-0.2, -0.15) is 0 Å². The molecule has 1 amide bonds. The Labute approximate surface area is 130 Å². The number of anilines is 1. The molecule has 1 aromatic heterocycles. The minimum Gasteiger partial charge on any atom is -0.372 e. The SMILES string of the molecule is O=C([C@@H]1CCCO1)N1C[C@@H]2OCCN(c3cccnc3)[C@@H]2C1. The van der Waals surface area contributed by atoms with Crippen LogP contribution < -0.4 is 4.90 Å². The van der Waals surface area contributed by atoms with E-state index in [1.807, 2.05) is 17.2 Å². The second kappa shape index (κ2) is 5.85. The molecule has 0 radical (unpaired) electrons.